The molecule has 0 aliphatic heterocycles. The van der Waals surface area contributed by atoms with E-state index in [0.29, 0.717) is 24.7 Å². The van der Waals surface area contributed by atoms with E-state index in [1.165, 1.54) is 0 Å². The van der Waals surface area contributed by atoms with Crippen LogP contribution in [0.5, 0.6) is 11.5 Å². The van der Waals surface area contributed by atoms with Gasteiger partial charge in [0.15, 0.2) is 11.5 Å². The number of ether oxygens (including phenoxy) is 2. The molecule has 2 aromatic carbocycles. The number of hydrogen-bond donors (Lipinski definition) is 2. The second kappa shape index (κ2) is 8.93. The Hall–Kier alpha value is -2.53. The molecule has 2 rings (SSSR count). The van der Waals surface area contributed by atoms with E-state index in [0.717, 1.165) is 17.5 Å². The fourth-order valence-corrected chi connectivity index (χ4v) is 2.37. The van der Waals surface area contributed by atoms with Gasteiger partial charge in [0.05, 0.1) is 13.7 Å². The van der Waals surface area contributed by atoms with Crippen LogP contribution in [0.4, 0.5) is 0 Å². The maximum atomic E-state index is 11.5. The number of rotatable bonds is 9. The van der Waals surface area contributed by atoms with Gasteiger partial charge in [-0.25, -0.2) is 0 Å². The van der Waals surface area contributed by atoms with E-state index in [-0.39, 0.29) is 0 Å². The Bertz CT molecular complexity index is 658. The predicted octanol–water partition coefficient (Wildman–Crippen LogP) is 3.40. The number of methoxy groups -OCH3 is 1. The summed E-state index contributed by atoms with van der Waals surface area (Å²) >= 11 is 0. The highest BCUT2D eigenvalue weighted by molar-refractivity contribution is 5.75. The van der Waals surface area contributed by atoms with Crippen LogP contribution >= 0.6 is 0 Å². The Morgan fingerprint density at radius 2 is 1.92 bits per heavy atom. The summed E-state index contributed by atoms with van der Waals surface area (Å²) in [7, 11) is 1.59. The summed E-state index contributed by atoms with van der Waals surface area (Å²) in [5.41, 5.74) is 1.65. The molecule has 0 heterocycles. The molecule has 2 N–H and O–H groups in total. The number of carboxylic acids is 1. The first-order chi connectivity index (χ1) is 11.7. The molecule has 0 aliphatic rings. The molecule has 128 valence electrons. The third-order valence-corrected chi connectivity index (χ3v) is 3.58. The highest BCUT2D eigenvalue weighted by Crippen LogP contribution is 2.28. The van der Waals surface area contributed by atoms with E-state index in [1.54, 1.807) is 19.2 Å². The van der Waals surface area contributed by atoms with Crippen molar-refractivity contribution in [3.05, 3.63) is 59.7 Å². The summed E-state index contributed by atoms with van der Waals surface area (Å²) in [5, 5.41) is 12.5. The average Bonchev–Trinajstić information content (AvgIpc) is 2.61. The minimum Gasteiger partial charge on any atom is -0.493 e. The van der Waals surface area contributed by atoms with Crippen molar-refractivity contribution in [2.24, 2.45) is 0 Å². The first-order valence-electron chi connectivity index (χ1n) is 7.96. The highest BCUT2D eigenvalue weighted by Gasteiger charge is 2.18. The second-order valence-corrected chi connectivity index (χ2v) is 5.40. The molecule has 5 heteroatoms. The van der Waals surface area contributed by atoms with Crippen molar-refractivity contribution < 1.29 is 19.4 Å². The number of aliphatic carboxylic acids is 1. The number of hydrogen-bond acceptors (Lipinski definition) is 4. The predicted molar refractivity (Wildman–Crippen MR) is 92.4 cm³/mol. The van der Waals surface area contributed by atoms with Crippen LogP contribution in [0.25, 0.3) is 0 Å². The van der Waals surface area contributed by atoms with E-state index in [1.807, 2.05) is 43.3 Å². The molecule has 0 fully saturated rings. The van der Waals surface area contributed by atoms with Crippen LogP contribution in [0.2, 0.25) is 0 Å². The van der Waals surface area contributed by atoms with Crippen LogP contribution < -0.4 is 14.8 Å². The maximum absolute atomic E-state index is 11.5. The van der Waals surface area contributed by atoms with Gasteiger partial charge in [-0.05, 0) is 29.7 Å². The Labute approximate surface area is 142 Å². The Morgan fingerprint density at radius 3 is 2.54 bits per heavy atom. The zero-order valence-corrected chi connectivity index (χ0v) is 14.0. The Kier molecular flexibility index (Phi) is 6.63. The van der Waals surface area contributed by atoms with Crippen molar-refractivity contribution in [2.75, 3.05) is 13.7 Å². The SMILES string of the molecule is CCCOc1ccc(CN[C@H](C(=O)O)c2ccccc2)cc1OC. The summed E-state index contributed by atoms with van der Waals surface area (Å²) in [4.78, 5) is 11.5. The molecule has 0 amide bonds. The van der Waals surface area contributed by atoms with E-state index >= 15 is 0 Å². The Balaban J connectivity index is 2.08. The van der Waals surface area contributed by atoms with E-state index < -0.39 is 12.0 Å². The van der Waals surface area contributed by atoms with Crippen molar-refractivity contribution in [1.82, 2.24) is 5.32 Å². The van der Waals surface area contributed by atoms with Gasteiger partial charge in [-0.3, -0.25) is 10.1 Å². The molecule has 0 aromatic heterocycles. The fourth-order valence-electron chi connectivity index (χ4n) is 2.37. The number of benzene rings is 2. The van der Waals surface area contributed by atoms with E-state index in [4.69, 9.17) is 9.47 Å². The standard InChI is InChI=1S/C19H23NO4/c1-3-11-24-16-10-9-14(12-17(16)23-2)13-20-18(19(21)22)15-7-5-4-6-8-15/h4-10,12,18,20H,3,11,13H2,1-2H3,(H,21,22)/t18-/m0/s1. The molecule has 1 atom stereocenters. The van der Waals surface area contributed by atoms with Crippen LogP contribution in [0.15, 0.2) is 48.5 Å². The molecular weight excluding hydrogens is 306 g/mol. The van der Waals surface area contributed by atoms with Gasteiger partial charge in [0, 0.05) is 6.54 Å². The van der Waals surface area contributed by atoms with Crippen LogP contribution in [-0.4, -0.2) is 24.8 Å². The van der Waals surface area contributed by atoms with Gasteiger partial charge in [-0.1, -0.05) is 43.3 Å². The Morgan fingerprint density at radius 1 is 1.17 bits per heavy atom. The van der Waals surface area contributed by atoms with Crippen LogP contribution in [0.3, 0.4) is 0 Å². The van der Waals surface area contributed by atoms with Gasteiger partial charge >= 0.3 is 5.97 Å². The smallest absolute Gasteiger partial charge is 0.325 e. The van der Waals surface area contributed by atoms with Crippen LogP contribution in [0.1, 0.15) is 30.5 Å². The first-order valence-corrected chi connectivity index (χ1v) is 7.96. The van der Waals surface area contributed by atoms with Gasteiger partial charge in [-0.15, -0.1) is 0 Å². The molecule has 2 aromatic rings. The summed E-state index contributed by atoms with van der Waals surface area (Å²) < 4.78 is 11.0. The molecule has 24 heavy (non-hydrogen) atoms. The lowest BCUT2D eigenvalue weighted by Gasteiger charge is -2.16. The molecule has 0 saturated carbocycles. The topological polar surface area (TPSA) is 67.8 Å². The van der Waals surface area contributed by atoms with Crippen LogP contribution in [-0.2, 0) is 11.3 Å². The average molecular weight is 329 g/mol. The fraction of sp³-hybridized carbons (Fsp3) is 0.316. The third kappa shape index (κ3) is 4.73. The van der Waals surface area contributed by atoms with Crippen molar-refractivity contribution in [2.45, 2.75) is 25.9 Å². The lowest BCUT2D eigenvalue weighted by atomic mass is 10.1. The highest BCUT2D eigenvalue weighted by atomic mass is 16.5. The zero-order chi connectivity index (χ0) is 17.4. The van der Waals surface area contributed by atoms with Crippen molar-refractivity contribution in [1.29, 1.82) is 0 Å². The molecule has 0 radical (unpaired) electrons. The van der Waals surface area contributed by atoms with Gasteiger partial charge in [-0.2, -0.15) is 0 Å². The molecule has 0 unspecified atom stereocenters. The van der Waals surface area contributed by atoms with Gasteiger partial charge in [0.1, 0.15) is 6.04 Å². The summed E-state index contributed by atoms with van der Waals surface area (Å²) in [6.07, 6.45) is 0.920. The molecule has 5 nitrogen and oxygen atoms in total. The second-order valence-electron chi connectivity index (χ2n) is 5.40. The van der Waals surface area contributed by atoms with Crippen molar-refractivity contribution in [3.8, 4) is 11.5 Å². The summed E-state index contributed by atoms with van der Waals surface area (Å²) in [6, 6.07) is 14.0. The molecule has 0 spiro atoms. The number of carboxylic acid groups (broad SMARTS) is 1. The van der Waals surface area contributed by atoms with Crippen LogP contribution in [0, 0.1) is 0 Å². The van der Waals surface area contributed by atoms with E-state index in [2.05, 4.69) is 5.32 Å². The molecule has 0 saturated heterocycles. The minimum atomic E-state index is -0.906. The van der Waals surface area contributed by atoms with Gasteiger partial charge < -0.3 is 14.6 Å². The lowest BCUT2D eigenvalue weighted by Crippen LogP contribution is -2.28. The first kappa shape index (κ1) is 17.8. The van der Waals surface area contributed by atoms with Gasteiger partial charge in [0.25, 0.3) is 0 Å². The van der Waals surface area contributed by atoms with Crippen molar-refractivity contribution in [3.63, 3.8) is 0 Å². The van der Waals surface area contributed by atoms with Crippen molar-refractivity contribution >= 4 is 5.97 Å². The summed E-state index contributed by atoms with van der Waals surface area (Å²) in [5.74, 6) is 0.436. The molecular formula is C19H23NO4. The largest absolute Gasteiger partial charge is 0.493 e. The normalized spacial score (nSPS) is 11.8. The molecule has 0 bridgehead atoms. The lowest BCUT2D eigenvalue weighted by molar-refractivity contribution is -0.139. The number of nitrogens with one attached hydrogen (secondary N) is 1. The van der Waals surface area contributed by atoms with Gasteiger partial charge in [0.2, 0.25) is 0 Å². The maximum Gasteiger partial charge on any atom is 0.325 e. The zero-order valence-electron chi connectivity index (χ0n) is 14.0. The van der Waals surface area contributed by atoms with E-state index in [9.17, 15) is 9.90 Å². The number of carbonyl (C=O) groups is 1. The monoisotopic (exact) mass is 329 g/mol. The summed E-state index contributed by atoms with van der Waals surface area (Å²) in [6.45, 7) is 3.08. The third-order valence-electron chi connectivity index (χ3n) is 3.58. The minimum absolute atomic E-state index is 0.413. The molecule has 0 aliphatic carbocycles. The quantitative estimate of drug-likeness (QED) is 0.738.